The topological polar surface area (TPSA) is 61.2 Å². The fraction of sp³-hybridized carbons (Fsp3) is 0.278. The molecule has 0 saturated carbocycles. The first kappa shape index (κ1) is 16.4. The van der Waals surface area contributed by atoms with Gasteiger partial charge in [0.2, 0.25) is 0 Å². The molecule has 0 aliphatic carbocycles. The smallest absolute Gasteiger partial charge is 0.305 e. The molecule has 6 heteroatoms. The molecule has 1 aromatic carbocycles. The molecule has 2 heterocycles. The van der Waals surface area contributed by atoms with Gasteiger partial charge in [0.25, 0.3) is 5.56 Å². The molecule has 0 saturated heterocycles. The first-order valence-corrected chi connectivity index (χ1v) is 8.55. The van der Waals surface area contributed by atoms with Crippen molar-refractivity contribution in [1.29, 1.82) is 0 Å². The number of aromatic nitrogens is 2. The number of nitrogens with zero attached hydrogens (tertiary/aromatic N) is 2. The van der Waals surface area contributed by atoms with Crippen molar-refractivity contribution in [3.05, 3.63) is 52.6 Å². The monoisotopic (exact) mass is 342 g/mol. The quantitative estimate of drug-likeness (QED) is 0.667. The molecule has 0 bridgehead atoms. The molecular formula is C18H18N2O3S. The van der Waals surface area contributed by atoms with E-state index in [1.807, 2.05) is 43.3 Å². The highest BCUT2D eigenvalue weighted by atomic mass is 32.1. The molecule has 5 nitrogen and oxygen atoms in total. The molecule has 0 aliphatic heterocycles. The highest BCUT2D eigenvalue weighted by molar-refractivity contribution is 7.21. The van der Waals surface area contributed by atoms with E-state index in [-0.39, 0.29) is 11.5 Å². The third kappa shape index (κ3) is 3.23. The second-order valence-electron chi connectivity index (χ2n) is 5.49. The van der Waals surface area contributed by atoms with Crippen molar-refractivity contribution in [3.8, 4) is 10.4 Å². The number of ether oxygens (including phenoxy) is 1. The lowest BCUT2D eigenvalue weighted by atomic mass is 10.2. The summed E-state index contributed by atoms with van der Waals surface area (Å²) in [6, 6.07) is 11.9. The predicted molar refractivity (Wildman–Crippen MR) is 95.3 cm³/mol. The van der Waals surface area contributed by atoms with Gasteiger partial charge in [-0.15, -0.1) is 11.3 Å². The molecule has 0 aliphatic rings. The maximum atomic E-state index is 12.8. The van der Waals surface area contributed by atoms with Gasteiger partial charge in [-0.1, -0.05) is 30.3 Å². The number of hydrogen-bond donors (Lipinski definition) is 0. The third-order valence-electron chi connectivity index (χ3n) is 3.89. The van der Waals surface area contributed by atoms with Gasteiger partial charge < -0.3 is 4.74 Å². The maximum absolute atomic E-state index is 12.8. The van der Waals surface area contributed by atoms with Gasteiger partial charge in [0.05, 0.1) is 12.5 Å². The van der Waals surface area contributed by atoms with Crippen molar-refractivity contribution in [2.45, 2.75) is 26.3 Å². The van der Waals surface area contributed by atoms with Crippen LogP contribution in [0.5, 0.6) is 0 Å². The summed E-state index contributed by atoms with van der Waals surface area (Å²) in [5.74, 6) is 0.399. The van der Waals surface area contributed by atoms with Crippen LogP contribution in [0.15, 0.2) is 41.2 Å². The summed E-state index contributed by atoms with van der Waals surface area (Å²) in [6.45, 7) is 2.28. The number of fused-ring (bicyclic) bond motifs is 1. The number of aryl methyl sites for hydroxylation is 1. The highest BCUT2D eigenvalue weighted by Gasteiger charge is 2.13. The van der Waals surface area contributed by atoms with Crippen LogP contribution in [-0.2, 0) is 16.1 Å². The molecule has 24 heavy (non-hydrogen) atoms. The minimum Gasteiger partial charge on any atom is -0.469 e. The van der Waals surface area contributed by atoms with Crippen molar-refractivity contribution < 1.29 is 9.53 Å². The molecule has 124 valence electrons. The highest BCUT2D eigenvalue weighted by Crippen LogP contribution is 2.30. The summed E-state index contributed by atoms with van der Waals surface area (Å²) >= 11 is 1.52. The Labute approximate surface area is 143 Å². The fourth-order valence-electron chi connectivity index (χ4n) is 2.61. The lowest BCUT2D eigenvalue weighted by Gasteiger charge is -2.08. The van der Waals surface area contributed by atoms with Gasteiger partial charge >= 0.3 is 5.97 Å². The SMILES string of the molecule is COC(=O)CCCn1c(C)nc2sc(-c3ccccc3)cc2c1=O. The number of benzene rings is 1. The average molecular weight is 342 g/mol. The van der Waals surface area contributed by atoms with E-state index in [2.05, 4.69) is 9.72 Å². The number of hydrogen-bond acceptors (Lipinski definition) is 5. The van der Waals surface area contributed by atoms with Crippen LogP contribution in [0.3, 0.4) is 0 Å². The van der Waals surface area contributed by atoms with Crippen LogP contribution < -0.4 is 5.56 Å². The van der Waals surface area contributed by atoms with E-state index in [1.54, 1.807) is 4.57 Å². The summed E-state index contributed by atoms with van der Waals surface area (Å²) in [4.78, 5) is 30.3. The van der Waals surface area contributed by atoms with Gasteiger partial charge in [-0.2, -0.15) is 0 Å². The van der Waals surface area contributed by atoms with E-state index in [9.17, 15) is 9.59 Å². The molecule has 0 spiro atoms. The molecule has 0 fully saturated rings. The number of carbonyl (C=O) groups excluding carboxylic acids is 1. The average Bonchev–Trinajstić information content (AvgIpc) is 3.02. The Morgan fingerprint density at radius 3 is 2.75 bits per heavy atom. The van der Waals surface area contributed by atoms with Crippen LogP contribution in [-0.4, -0.2) is 22.6 Å². The van der Waals surface area contributed by atoms with Crippen LogP contribution in [0.2, 0.25) is 0 Å². The van der Waals surface area contributed by atoms with E-state index >= 15 is 0 Å². The standard InChI is InChI=1S/C18H18N2O3S/c1-12-19-17-14(11-15(24-17)13-7-4-3-5-8-13)18(22)20(12)10-6-9-16(21)23-2/h3-5,7-8,11H,6,9-10H2,1-2H3. The predicted octanol–water partition coefficient (Wildman–Crippen LogP) is 3.39. The van der Waals surface area contributed by atoms with Gasteiger partial charge in [0.15, 0.2) is 0 Å². The molecular weight excluding hydrogens is 324 g/mol. The van der Waals surface area contributed by atoms with Crippen LogP contribution >= 0.6 is 11.3 Å². The van der Waals surface area contributed by atoms with Gasteiger partial charge in [0.1, 0.15) is 10.7 Å². The Balaban J connectivity index is 1.95. The zero-order valence-corrected chi connectivity index (χ0v) is 14.4. The molecule has 3 rings (SSSR count). The van der Waals surface area contributed by atoms with Crippen molar-refractivity contribution in [2.75, 3.05) is 7.11 Å². The number of thiophene rings is 1. The summed E-state index contributed by atoms with van der Waals surface area (Å²) < 4.78 is 6.26. The van der Waals surface area contributed by atoms with Crippen molar-refractivity contribution >= 4 is 27.5 Å². The lowest BCUT2D eigenvalue weighted by Crippen LogP contribution is -2.23. The molecule has 0 N–H and O–H groups in total. The lowest BCUT2D eigenvalue weighted by molar-refractivity contribution is -0.140. The fourth-order valence-corrected chi connectivity index (χ4v) is 3.68. The molecule has 0 atom stereocenters. The summed E-state index contributed by atoms with van der Waals surface area (Å²) in [7, 11) is 1.36. The van der Waals surface area contributed by atoms with Crippen molar-refractivity contribution in [3.63, 3.8) is 0 Å². The van der Waals surface area contributed by atoms with E-state index in [4.69, 9.17) is 0 Å². The van der Waals surface area contributed by atoms with Crippen LogP contribution in [0, 0.1) is 6.92 Å². The van der Waals surface area contributed by atoms with Gasteiger partial charge in [-0.3, -0.25) is 14.2 Å². The Morgan fingerprint density at radius 1 is 1.29 bits per heavy atom. The van der Waals surface area contributed by atoms with Crippen LogP contribution in [0.25, 0.3) is 20.7 Å². The first-order chi connectivity index (χ1) is 11.6. The largest absolute Gasteiger partial charge is 0.469 e. The van der Waals surface area contributed by atoms with Crippen molar-refractivity contribution in [2.24, 2.45) is 0 Å². The molecule has 0 unspecified atom stereocenters. The zero-order valence-electron chi connectivity index (χ0n) is 13.6. The minimum absolute atomic E-state index is 0.0548. The molecule has 3 aromatic rings. The van der Waals surface area contributed by atoms with Crippen molar-refractivity contribution in [1.82, 2.24) is 9.55 Å². The third-order valence-corrected chi connectivity index (χ3v) is 4.97. The molecule has 2 aromatic heterocycles. The second kappa shape index (κ2) is 6.97. The Bertz CT molecular complexity index is 929. The Kier molecular flexibility index (Phi) is 4.76. The van der Waals surface area contributed by atoms with Gasteiger partial charge in [-0.25, -0.2) is 4.98 Å². The Morgan fingerprint density at radius 2 is 2.04 bits per heavy atom. The van der Waals surface area contributed by atoms with Crippen LogP contribution in [0.4, 0.5) is 0 Å². The van der Waals surface area contributed by atoms with Gasteiger partial charge in [0, 0.05) is 17.8 Å². The van der Waals surface area contributed by atoms with Crippen LogP contribution in [0.1, 0.15) is 18.7 Å². The first-order valence-electron chi connectivity index (χ1n) is 7.73. The second-order valence-corrected chi connectivity index (χ2v) is 6.52. The zero-order chi connectivity index (χ0) is 17.1. The van der Waals surface area contributed by atoms with E-state index in [0.29, 0.717) is 30.6 Å². The molecule has 0 radical (unpaired) electrons. The number of methoxy groups -OCH3 is 1. The van der Waals surface area contributed by atoms with E-state index in [1.165, 1.54) is 18.4 Å². The summed E-state index contributed by atoms with van der Waals surface area (Å²) in [5.41, 5.74) is 1.02. The summed E-state index contributed by atoms with van der Waals surface area (Å²) in [5, 5.41) is 0.627. The Hall–Kier alpha value is -2.47. The maximum Gasteiger partial charge on any atom is 0.305 e. The number of carbonyl (C=O) groups is 1. The normalized spacial score (nSPS) is 10.9. The summed E-state index contributed by atoms with van der Waals surface area (Å²) in [6.07, 6.45) is 0.843. The van der Waals surface area contributed by atoms with E-state index < -0.39 is 0 Å². The molecule has 0 amide bonds. The number of esters is 1. The van der Waals surface area contributed by atoms with E-state index in [0.717, 1.165) is 15.3 Å². The number of rotatable bonds is 5. The van der Waals surface area contributed by atoms with Gasteiger partial charge in [-0.05, 0) is 25.0 Å². The minimum atomic E-state index is -0.267.